The first-order valence-electron chi connectivity index (χ1n) is 5.97. The van der Waals surface area contributed by atoms with Crippen molar-refractivity contribution in [1.82, 2.24) is 4.90 Å². The molecule has 0 heterocycles. The average Bonchev–Trinajstić information content (AvgIpc) is 2.37. The van der Waals surface area contributed by atoms with Gasteiger partial charge in [-0.1, -0.05) is 28.1 Å². The second-order valence-electron chi connectivity index (χ2n) is 3.95. The molecule has 0 bridgehead atoms. The number of likely N-dealkylation sites (N-methyl/N-ethyl adjacent to an activating group) is 1. The first kappa shape index (κ1) is 15.4. The SMILES string of the molecule is CCN(CCC(=O)O)C(=O)/C=C/c1cccc(Br)c1. The number of carbonyl (C=O) groups excluding carboxylic acids is 1. The largest absolute Gasteiger partial charge is 0.481 e. The van der Waals surface area contributed by atoms with E-state index in [1.807, 2.05) is 31.2 Å². The first-order valence-corrected chi connectivity index (χ1v) is 6.76. The molecule has 19 heavy (non-hydrogen) atoms. The number of aliphatic carboxylic acids is 1. The van der Waals surface area contributed by atoms with E-state index in [-0.39, 0.29) is 18.9 Å². The topological polar surface area (TPSA) is 57.6 Å². The number of halogens is 1. The summed E-state index contributed by atoms with van der Waals surface area (Å²) in [4.78, 5) is 23.9. The molecule has 0 atom stereocenters. The Bertz CT molecular complexity index is 485. The third kappa shape index (κ3) is 5.70. The van der Waals surface area contributed by atoms with Crippen LogP contribution in [0.1, 0.15) is 18.9 Å². The third-order valence-electron chi connectivity index (χ3n) is 2.56. The van der Waals surface area contributed by atoms with Gasteiger partial charge in [-0.25, -0.2) is 0 Å². The zero-order chi connectivity index (χ0) is 14.3. The molecule has 0 saturated carbocycles. The number of carbonyl (C=O) groups is 2. The van der Waals surface area contributed by atoms with Crippen LogP contribution in [-0.4, -0.2) is 35.0 Å². The number of rotatable bonds is 6. The van der Waals surface area contributed by atoms with E-state index in [4.69, 9.17) is 5.11 Å². The molecule has 0 saturated heterocycles. The van der Waals surface area contributed by atoms with Crippen LogP contribution in [0.3, 0.4) is 0 Å². The van der Waals surface area contributed by atoms with Crippen LogP contribution in [0.5, 0.6) is 0 Å². The summed E-state index contributed by atoms with van der Waals surface area (Å²) >= 11 is 3.36. The number of hydrogen-bond acceptors (Lipinski definition) is 2. The van der Waals surface area contributed by atoms with E-state index in [1.54, 1.807) is 6.08 Å². The highest BCUT2D eigenvalue weighted by atomic mass is 79.9. The van der Waals surface area contributed by atoms with Crippen LogP contribution in [0, 0.1) is 0 Å². The molecular weight excluding hydrogens is 310 g/mol. The zero-order valence-corrected chi connectivity index (χ0v) is 12.3. The molecule has 0 aliphatic carbocycles. The molecular formula is C14H16BrNO3. The van der Waals surface area contributed by atoms with Crippen LogP contribution in [0.4, 0.5) is 0 Å². The number of amides is 1. The minimum absolute atomic E-state index is 0.0374. The van der Waals surface area contributed by atoms with Crippen molar-refractivity contribution in [2.45, 2.75) is 13.3 Å². The maximum Gasteiger partial charge on any atom is 0.305 e. The molecule has 1 aromatic rings. The van der Waals surface area contributed by atoms with Crippen molar-refractivity contribution >= 4 is 33.9 Å². The van der Waals surface area contributed by atoms with Gasteiger partial charge < -0.3 is 10.0 Å². The van der Waals surface area contributed by atoms with Crippen molar-refractivity contribution in [2.75, 3.05) is 13.1 Å². The van der Waals surface area contributed by atoms with Crippen LogP contribution in [0.25, 0.3) is 6.08 Å². The zero-order valence-electron chi connectivity index (χ0n) is 10.7. The molecule has 0 spiro atoms. The molecule has 1 amide bonds. The number of nitrogens with zero attached hydrogens (tertiary/aromatic N) is 1. The van der Waals surface area contributed by atoms with Gasteiger partial charge in [0.25, 0.3) is 0 Å². The minimum atomic E-state index is -0.901. The highest BCUT2D eigenvalue weighted by Crippen LogP contribution is 2.12. The van der Waals surface area contributed by atoms with E-state index in [2.05, 4.69) is 15.9 Å². The fourth-order valence-electron chi connectivity index (χ4n) is 1.54. The fraction of sp³-hybridized carbons (Fsp3) is 0.286. The van der Waals surface area contributed by atoms with Crippen molar-refractivity contribution in [3.8, 4) is 0 Å². The van der Waals surface area contributed by atoms with Gasteiger partial charge in [0.1, 0.15) is 0 Å². The highest BCUT2D eigenvalue weighted by molar-refractivity contribution is 9.10. The number of carboxylic acid groups (broad SMARTS) is 1. The van der Waals surface area contributed by atoms with E-state index in [1.165, 1.54) is 11.0 Å². The van der Waals surface area contributed by atoms with Crippen LogP contribution >= 0.6 is 15.9 Å². The average molecular weight is 326 g/mol. The minimum Gasteiger partial charge on any atom is -0.481 e. The summed E-state index contributed by atoms with van der Waals surface area (Å²) in [5.74, 6) is -1.08. The first-order chi connectivity index (χ1) is 9.02. The van der Waals surface area contributed by atoms with E-state index < -0.39 is 5.97 Å². The maximum atomic E-state index is 11.9. The van der Waals surface area contributed by atoms with Gasteiger partial charge in [-0.15, -0.1) is 0 Å². The van der Waals surface area contributed by atoms with Gasteiger partial charge in [0.05, 0.1) is 6.42 Å². The van der Waals surface area contributed by atoms with Crippen LogP contribution in [-0.2, 0) is 9.59 Å². The molecule has 0 aliphatic rings. The predicted octanol–water partition coefficient (Wildman–Crippen LogP) is 2.79. The number of benzene rings is 1. The van der Waals surface area contributed by atoms with Gasteiger partial charge in [-0.2, -0.15) is 0 Å². The monoisotopic (exact) mass is 325 g/mol. The lowest BCUT2D eigenvalue weighted by Crippen LogP contribution is -2.31. The van der Waals surface area contributed by atoms with Gasteiger partial charge in [0, 0.05) is 23.6 Å². The Balaban J connectivity index is 2.63. The van der Waals surface area contributed by atoms with E-state index in [9.17, 15) is 9.59 Å². The molecule has 5 heteroatoms. The van der Waals surface area contributed by atoms with Crippen molar-refractivity contribution in [1.29, 1.82) is 0 Å². The molecule has 0 unspecified atom stereocenters. The van der Waals surface area contributed by atoms with Crippen LogP contribution in [0.2, 0.25) is 0 Å². The van der Waals surface area contributed by atoms with Gasteiger partial charge >= 0.3 is 5.97 Å². The second kappa shape index (κ2) is 7.74. The molecule has 1 N–H and O–H groups in total. The molecule has 4 nitrogen and oxygen atoms in total. The molecule has 1 aromatic carbocycles. The van der Waals surface area contributed by atoms with E-state index in [0.29, 0.717) is 6.54 Å². The Morgan fingerprint density at radius 3 is 2.74 bits per heavy atom. The second-order valence-corrected chi connectivity index (χ2v) is 4.87. The maximum absolute atomic E-state index is 11.9. The fourth-order valence-corrected chi connectivity index (χ4v) is 1.95. The summed E-state index contributed by atoms with van der Waals surface area (Å²) in [5, 5.41) is 8.62. The lowest BCUT2D eigenvalue weighted by atomic mass is 10.2. The van der Waals surface area contributed by atoms with Crippen molar-refractivity contribution in [3.05, 3.63) is 40.4 Å². The summed E-state index contributed by atoms with van der Waals surface area (Å²) in [6.45, 7) is 2.55. The normalized spacial score (nSPS) is 10.6. The van der Waals surface area contributed by atoms with Gasteiger partial charge in [-0.3, -0.25) is 9.59 Å². The molecule has 0 aliphatic heterocycles. The van der Waals surface area contributed by atoms with Gasteiger partial charge in [0.15, 0.2) is 0 Å². The highest BCUT2D eigenvalue weighted by Gasteiger charge is 2.09. The smallest absolute Gasteiger partial charge is 0.305 e. The summed E-state index contributed by atoms with van der Waals surface area (Å²) < 4.78 is 0.945. The van der Waals surface area contributed by atoms with Gasteiger partial charge in [-0.05, 0) is 30.7 Å². The summed E-state index contributed by atoms with van der Waals surface area (Å²) in [6.07, 6.45) is 3.15. The summed E-state index contributed by atoms with van der Waals surface area (Å²) in [7, 11) is 0. The van der Waals surface area contributed by atoms with Crippen molar-refractivity contribution in [2.24, 2.45) is 0 Å². The number of carboxylic acids is 1. The van der Waals surface area contributed by atoms with E-state index >= 15 is 0 Å². The quantitative estimate of drug-likeness (QED) is 0.818. The summed E-state index contributed by atoms with van der Waals surface area (Å²) in [6, 6.07) is 7.58. The Hall–Kier alpha value is -1.62. The lowest BCUT2D eigenvalue weighted by molar-refractivity contribution is -0.137. The molecule has 0 radical (unpaired) electrons. The van der Waals surface area contributed by atoms with Crippen molar-refractivity contribution < 1.29 is 14.7 Å². The molecule has 1 rings (SSSR count). The Kier molecular flexibility index (Phi) is 6.29. The Morgan fingerprint density at radius 1 is 1.42 bits per heavy atom. The molecule has 102 valence electrons. The molecule has 0 aromatic heterocycles. The lowest BCUT2D eigenvalue weighted by Gasteiger charge is -2.17. The standard InChI is InChI=1S/C14H16BrNO3/c1-2-16(9-8-14(18)19)13(17)7-6-11-4-3-5-12(15)10-11/h3-7,10H,2,8-9H2,1H3,(H,18,19)/b7-6+. The number of hydrogen-bond donors (Lipinski definition) is 1. The van der Waals surface area contributed by atoms with E-state index in [0.717, 1.165) is 10.0 Å². The third-order valence-corrected chi connectivity index (χ3v) is 3.05. The predicted molar refractivity (Wildman–Crippen MR) is 77.7 cm³/mol. The summed E-state index contributed by atoms with van der Waals surface area (Å²) in [5.41, 5.74) is 0.914. The Morgan fingerprint density at radius 2 is 2.16 bits per heavy atom. The van der Waals surface area contributed by atoms with Gasteiger partial charge in [0.2, 0.25) is 5.91 Å². The van der Waals surface area contributed by atoms with Crippen LogP contribution in [0.15, 0.2) is 34.8 Å². The van der Waals surface area contributed by atoms with Crippen LogP contribution < -0.4 is 0 Å². The molecule has 0 fully saturated rings. The van der Waals surface area contributed by atoms with Crippen molar-refractivity contribution in [3.63, 3.8) is 0 Å². The Labute approximate surface area is 120 Å².